The first kappa shape index (κ1) is 19.8. The second kappa shape index (κ2) is 8.18. The van der Waals surface area contributed by atoms with Crippen molar-refractivity contribution in [1.29, 1.82) is 0 Å². The Labute approximate surface area is 182 Å². The van der Waals surface area contributed by atoms with Gasteiger partial charge in [0.05, 0.1) is 17.4 Å². The van der Waals surface area contributed by atoms with E-state index in [1.165, 1.54) is 23.1 Å². The molecule has 11 heteroatoms. The highest BCUT2D eigenvalue weighted by Crippen LogP contribution is 2.34. The number of tetrazole rings is 1. The lowest BCUT2D eigenvalue weighted by Crippen LogP contribution is -2.48. The summed E-state index contributed by atoms with van der Waals surface area (Å²) in [6, 6.07) is 4.76. The summed E-state index contributed by atoms with van der Waals surface area (Å²) in [4.78, 5) is 25.9. The van der Waals surface area contributed by atoms with Crippen molar-refractivity contribution >= 4 is 23.5 Å². The van der Waals surface area contributed by atoms with E-state index in [4.69, 9.17) is 11.6 Å². The van der Waals surface area contributed by atoms with E-state index < -0.39 is 5.82 Å². The Morgan fingerprint density at radius 1 is 1.10 bits per heavy atom. The zero-order chi connectivity index (χ0) is 21.4. The van der Waals surface area contributed by atoms with Crippen molar-refractivity contribution < 1.29 is 9.18 Å². The molecule has 1 aromatic carbocycles. The van der Waals surface area contributed by atoms with Gasteiger partial charge in [-0.25, -0.2) is 14.4 Å². The van der Waals surface area contributed by atoms with Crippen LogP contribution in [0.3, 0.4) is 0 Å². The van der Waals surface area contributed by atoms with E-state index in [1.54, 1.807) is 18.5 Å². The van der Waals surface area contributed by atoms with Gasteiger partial charge in [-0.1, -0.05) is 11.6 Å². The van der Waals surface area contributed by atoms with Crippen LogP contribution >= 0.6 is 11.6 Å². The fourth-order valence-corrected chi connectivity index (χ4v) is 4.14. The van der Waals surface area contributed by atoms with Crippen LogP contribution < -0.4 is 4.90 Å². The minimum Gasteiger partial charge on any atom is -0.341 e. The van der Waals surface area contributed by atoms with Gasteiger partial charge in [-0.3, -0.25) is 4.79 Å². The minimum absolute atomic E-state index is 0.103. The average Bonchev–Trinajstić information content (AvgIpc) is 3.47. The smallest absolute Gasteiger partial charge is 0.254 e. The summed E-state index contributed by atoms with van der Waals surface area (Å²) in [6.45, 7) is 1.49. The Kier molecular flexibility index (Phi) is 5.23. The van der Waals surface area contributed by atoms with Gasteiger partial charge in [0.25, 0.3) is 5.91 Å². The summed E-state index contributed by atoms with van der Waals surface area (Å²) in [7, 11) is 0. The summed E-state index contributed by atoms with van der Waals surface area (Å²) in [6.07, 6.45) is 8.06. The largest absolute Gasteiger partial charge is 0.341 e. The number of hydrogen-bond acceptors (Lipinski definition) is 7. The zero-order valence-corrected chi connectivity index (χ0v) is 17.4. The molecule has 9 nitrogen and oxygen atoms in total. The molecule has 2 aliphatic rings. The van der Waals surface area contributed by atoms with Crippen LogP contribution in [0.15, 0.2) is 36.9 Å². The Morgan fingerprint density at radius 3 is 2.42 bits per heavy atom. The standard InChI is InChI=1S/C20H20ClFN8O/c21-14-10-23-20(24-11-14)28-7-5-16(6-8-28)30(15-2-3-15)19(31)13-1-4-18(17(22)9-13)29-12-25-26-27-29/h1,4,9-12,15-16H,2-3,5-8H2. The van der Waals surface area contributed by atoms with E-state index in [1.807, 2.05) is 4.90 Å². The van der Waals surface area contributed by atoms with E-state index in [9.17, 15) is 9.18 Å². The second-order valence-corrected chi connectivity index (χ2v) is 8.22. The van der Waals surface area contributed by atoms with Gasteiger partial charge in [-0.15, -0.1) is 5.10 Å². The van der Waals surface area contributed by atoms with Crippen LogP contribution in [0.1, 0.15) is 36.0 Å². The third kappa shape index (κ3) is 4.07. The molecule has 160 valence electrons. The number of carbonyl (C=O) groups is 1. The van der Waals surface area contributed by atoms with Gasteiger partial charge in [0, 0.05) is 30.7 Å². The molecule has 31 heavy (non-hydrogen) atoms. The number of anilines is 1. The van der Waals surface area contributed by atoms with Crippen LogP contribution in [0, 0.1) is 5.82 Å². The van der Waals surface area contributed by atoms with Crippen molar-refractivity contribution in [3.8, 4) is 5.69 Å². The van der Waals surface area contributed by atoms with Gasteiger partial charge in [0.1, 0.15) is 17.8 Å². The van der Waals surface area contributed by atoms with Gasteiger partial charge in [0.15, 0.2) is 0 Å². The van der Waals surface area contributed by atoms with Crippen LogP contribution in [0.2, 0.25) is 5.02 Å². The lowest BCUT2D eigenvalue weighted by molar-refractivity contribution is 0.0630. The van der Waals surface area contributed by atoms with Gasteiger partial charge in [-0.2, -0.15) is 4.68 Å². The van der Waals surface area contributed by atoms with Crippen LogP contribution in [0.5, 0.6) is 0 Å². The zero-order valence-electron chi connectivity index (χ0n) is 16.6. The Hall–Kier alpha value is -3.14. The number of rotatable bonds is 5. The molecule has 1 amide bonds. The maximum atomic E-state index is 14.6. The lowest BCUT2D eigenvalue weighted by atomic mass is 10.0. The summed E-state index contributed by atoms with van der Waals surface area (Å²) < 4.78 is 15.9. The van der Waals surface area contributed by atoms with Gasteiger partial charge < -0.3 is 9.80 Å². The quantitative estimate of drug-likeness (QED) is 0.599. The highest BCUT2D eigenvalue weighted by Gasteiger charge is 2.39. The molecule has 1 saturated heterocycles. The Morgan fingerprint density at radius 2 is 1.81 bits per heavy atom. The monoisotopic (exact) mass is 442 g/mol. The number of aromatic nitrogens is 6. The minimum atomic E-state index is -0.538. The second-order valence-electron chi connectivity index (χ2n) is 7.78. The van der Waals surface area contributed by atoms with Gasteiger partial charge in [-0.05, 0) is 54.3 Å². The molecule has 0 unspecified atom stereocenters. The number of amides is 1. The maximum Gasteiger partial charge on any atom is 0.254 e. The van der Waals surface area contributed by atoms with Crippen molar-refractivity contribution in [1.82, 2.24) is 35.1 Å². The van der Waals surface area contributed by atoms with Crippen molar-refractivity contribution in [3.63, 3.8) is 0 Å². The average molecular weight is 443 g/mol. The van der Waals surface area contributed by atoms with Crippen molar-refractivity contribution in [2.45, 2.75) is 37.8 Å². The number of nitrogens with zero attached hydrogens (tertiary/aromatic N) is 8. The van der Waals surface area contributed by atoms with Gasteiger partial charge in [0.2, 0.25) is 5.95 Å². The van der Waals surface area contributed by atoms with Crippen molar-refractivity contribution in [2.24, 2.45) is 0 Å². The number of benzene rings is 1. The molecule has 0 radical (unpaired) electrons. The molecule has 3 aromatic rings. The van der Waals surface area contributed by atoms with Crippen LogP contribution in [0.4, 0.5) is 10.3 Å². The van der Waals surface area contributed by atoms with E-state index in [-0.39, 0.29) is 23.7 Å². The first-order valence-corrected chi connectivity index (χ1v) is 10.6. The summed E-state index contributed by atoms with van der Waals surface area (Å²) in [5.74, 6) is -0.0260. The Bertz CT molecular complexity index is 1070. The summed E-state index contributed by atoms with van der Waals surface area (Å²) >= 11 is 5.87. The van der Waals surface area contributed by atoms with E-state index in [2.05, 4.69) is 30.4 Å². The molecule has 2 fully saturated rings. The number of hydrogen-bond donors (Lipinski definition) is 0. The molecule has 1 saturated carbocycles. The number of carbonyl (C=O) groups excluding carboxylic acids is 1. The first-order valence-electron chi connectivity index (χ1n) is 10.2. The normalized spacial score (nSPS) is 17.0. The molecule has 0 spiro atoms. The number of halogens is 2. The SMILES string of the molecule is O=C(c1ccc(-n2cnnn2)c(F)c1)N(C1CC1)C1CCN(c2ncc(Cl)cn2)CC1. The van der Waals surface area contributed by atoms with Gasteiger partial charge >= 0.3 is 0 Å². The van der Waals surface area contributed by atoms with Crippen LogP contribution in [-0.2, 0) is 0 Å². The van der Waals surface area contributed by atoms with Crippen LogP contribution in [-0.4, -0.2) is 66.2 Å². The predicted molar refractivity (Wildman–Crippen MR) is 111 cm³/mol. The predicted octanol–water partition coefficient (Wildman–Crippen LogP) is 2.52. The topological polar surface area (TPSA) is 92.9 Å². The highest BCUT2D eigenvalue weighted by molar-refractivity contribution is 6.30. The fourth-order valence-electron chi connectivity index (χ4n) is 4.04. The molecular weight excluding hydrogens is 423 g/mol. The third-order valence-corrected chi connectivity index (χ3v) is 5.91. The molecule has 2 aromatic heterocycles. The lowest BCUT2D eigenvalue weighted by Gasteiger charge is -2.39. The number of piperidine rings is 1. The molecule has 5 rings (SSSR count). The van der Waals surface area contributed by atoms with Crippen LogP contribution in [0.25, 0.3) is 5.69 Å². The highest BCUT2D eigenvalue weighted by atomic mass is 35.5. The molecule has 0 atom stereocenters. The van der Waals surface area contributed by atoms with Crippen molar-refractivity contribution in [3.05, 3.63) is 53.3 Å². The van der Waals surface area contributed by atoms with Crippen molar-refractivity contribution in [2.75, 3.05) is 18.0 Å². The maximum absolute atomic E-state index is 14.6. The molecule has 3 heterocycles. The first-order chi connectivity index (χ1) is 15.1. The molecule has 1 aliphatic carbocycles. The van der Waals surface area contributed by atoms with E-state index in [0.29, 0.717) is 16.5 Å². The van der Waals surface area contributed by atoms with E-state index >= 15 is 0 Å². The molecule has 1 aliphatic heterocycles. The molecule has 0 N–H and O–H groups in total. The third-order valence-electron chi connectivity index (χ3n) is 5.71. The fraction of sp³-hybridized carbons (Fsp3) is 0.400. The summed E-state index contributed by atoms with van der Waals surface area (Å²) in [5.41, 5.74) is 0.542. The Balaban J connectivity index is 1.31. The summed E-state index contributed by atoms with van der Waals surface area (Å²) in [5, 5.41) is 11.2. The van der Waals surface area contributed by atoms with E-state index in [0.717, 1.165) is 38.8 Å². The molecule has 0 bridgehead atoms. The molecular formula is C20H20ClFN8O.